The van der Waals surface area contributed by atoms with Crippen LogP contribution in [0.5, 0.6) is 0 Å². The molecule has 1 N–H and O–H groups in total. The van der Waals surface area contributed by atoms with Crippen molar-refractivity contribution in [1.82, 2.24) is 5.32 Å². The average Bonchev–Trinajstić information content (AvgIpc) is 2.84. The van der Waals surface area contributed by atoms with Crippen molar-refractivity contribution in [3.8, 4) is 17.2 Å². The van der Waals surface area contributed by atoms with Gasteiger partial charge >= 0.3 is 18.2 Å². The number of esters is 1. The number of halogens is 4. The Morgan fingerprint density at radius 3 is 2.39 bits per heavy atom. The quantitative estimate of drug-likeness (QED) is 0.126. The van der Waals surface area contributed by atoms with Crippen molar-refractivity contribution >= 4 is 12.1 Å². The summed E-state index contributed by atoms with van der Waals surface area (Å²) in [4.78, 5) is 25.0. The number of hydrogen-bond acceptors (Lipinski definition) is 5. The molecule has 0 aliphatic carbocycles. The maximum absolute atomic E-state index is 15.6. The van der Waals surface area contributed by atoms with Crippen LogP contribution in [0.25, 0.3) is 11.1 Å². The summed E-state index contributed by atoms with van der Waals surface area (Å²) in [6.07, 6.45) is -2.33. The van der Waals surface area contributed by atoms with E-state index in [1.54, 1.807) is 52.8 Å². The van der Waals surface area contributed by atoms with Crippen LogP contribution < -0.4 is 5.32 Å². The van der Waals surface area contributed by atoms with Crippen LogP contribution in [-0.2, 0) is 26.9 Å². The number of aryl methyl sites for hydroxylation is 2. The molecule has 2 rings (SSSR count). The molecule has 2 aromatic rings. The third kappa shape index (κ3) is 9.62. The molecule has 0 fully saturated rings. The van der Waals surface area contributed by atoms with Crippen LogP contribution >= 0.6 is 0 Å². The molecule has 0 spiro atoms. The first kappa shape index (κ1) is 33.3. The Hall–Kier alpha value is -3.87. The third-order valence-electron chi connectivity index (χ3n) is 6.09. The van der Waals surface area contributed by atoms with Gasteiger partial charge < -0.3 is 14.8 Å². The predicted octanol–water partition coefficient (Wildman–Crippen LogP) is 8.11. The van der Waals surface area contributed by atoms with Gasteiger partial charge in [-0.1, -0.05) is 6.08 Å². The molecular weight excluding hydrogens is 540 g/mol. The first-order valence-corrected chi connectivity index (χ1v) is 13.3. The summed E-state index contributed by atoms with van der Waals surface area (Å²) >= 11 is 0. The number of nitrogens with one attached hydrogen (secondary N) is 1. The van der Waals surface area contributed by atoms with E-state index in [4.69, 9.17) is 9.47 Å². The first-order chi connectivity index (χ1) is 19.1. The van der Waals surface area contributed by atoms with E-state index in [0.29, 0.717) is 35.1 Å². The summed E-state index contributed by atoms with van der Waals surface area (Å²) in [6, 6.07) is 5.62. The molecule has 0 aromatic heterocycles. The Morgan fingerprint density at radius 1 is 1.15 bits per heavy atom. The number of carbonyl (C=O) groups excluding carboxylic acids is 2. The van der Waals surface area contributed by atoms with Crippen molar-refractivity contribution in [2.75, 3.05) is 6.61 Å². The van der Waals surface area contributed by atoms with Gasteiger partial charge in [-0.05, 0) is 107 Å². The van der Waals surface area contributed by atoms with Gasteiger partial charge in [-0.3, -0.25) is 4.79 Å². The highest BCUT2D eigenvalue weighted by Crippen LogP contribution is 2.40. The van der Waals surface area contributed by atoms with Crippen LogP contribution in [0.1, 0.15) is 87.2 Å². The number of ether oxygens (including phenoxy) is 2. The molecule has 6 nitrogen and oxygen atoms in total. The van der Waals surface area contributed by atoms with Gasteiger partial charge in [0, 0.05) is 5.56 Å². The van der Waals surface area contributed by atoms with Crippen molar-refractivity contribution in [3.63, 3.8) is 0 Å². The standard InChI is InChI=1S/C31H36F4N2O4/c1-7-9-10-11-12-21-14-20(18-36)13-19(3)27(21)22-15-23(28(32)24(16-22)31(33,34)35)25(17-26(38)40-8-2)37-29(39)41-30(4,5)6/h7,13-16,25H,1,8-12,17H2,2-6H3,(H,37,39)/t25-/m0/s1. The van der Waals surface area contributed by atoms with Gasteiger partial charge in [0.2, 0.25) is 0 Å². The summed E-state index contributed by atoms with van der Waals surface area (Å²) in [7, 11) is 0. The summed E-state index contributed by atoms with van der Waals surface area (Å²) in [5, 5.41) is 11.8. The van der Waals surface area contributed by atoms with Crippen molar-refractivity contribution < 1.29 is 36.6 Å². The highest BCUT2D eigenvalue weighted by Gasteiger charge is 2.38. The number of alkyl carbamates (subject to hydrolysis) is 1. The largest absolute Gasteiger partial charge is 0.466 e. The molecule has 222 valence electrons. The van der Waals surface area contributed by atoms with Gasteiger partial charge in [0.05, 0.1) is 36.3 Å². The summed E-state index contributed by atoms with van der Waals surface area (Å²) < 4.78 is 68.3. The number of allylic oxidation sites excluding steroid dienone is 1. The van der Waals surface area contributed by atoms with Crippen molar-refractivity contribution in [1.29, 1.82) is 5.26 Å². The van der Waals surface area contributed by atoms with Crippen LogP contribution in [0.2, 0.25) is 0 Å². The normalized spacial score (nSPS) is 12.3. The topological polar surface area (TPSA) is 88.4 Å². The molecular formula is C31H36F4N2O4. The highest BCUT2D eigenvalue weighted by molar-refractivity contribution is 5.76. The number of nitriles is 1. The van der Waals surface area contributed by atoms with E-state index in [1.165, 1.54) is 6.07 Å². The molecule has 0 saturated carbocycles. The molecule has 0 bridgehead atoms. The zero-order valence-corrected chi connectivity index (χ0v) is 24.0. The lowest BCUT2D eigenvalue weighted by Gasteiger charge is -2.25. The predicted molar refractivity (Wildman–Crippen MR) is 147 cm³/mol. The molecule has 1 amide bonds. The molecule has 0 aliphatic heterocycles. The van der Waals surface area contributed by atoms with Gasteiger partial charge in [-0.25, -0.2) is 9.18 Å². The number of amides is 1. The average molecular weight is 577 g/mol. The number of rotatable bonds is 11. The van der Waals surface area contributed by atoms with E-state index >= 15 is 4.39 Å². The summed E-state index contributed by atoms with van der Waals surface area (Å²) in [5.41, 5.74) is -1.11. The molecule has 2 aromatic carbocycles. The fourth-order valence-electron chi connectivity index (χ4n) is 4.47. The van der Waals surface area contributed by atoms with Gasteiger partial charge in [-0.2, -0.15) is 18.4 Å². The number of nitrogens with zero attached hydrogens (tertiary/aromatic N) is 1. The van der Waals surface area contributed by atoms with E-state index in [0.717, 1.165) is 18.9 Å². The number of alkyl halides is 3. The Bertz CT molecular complexity index is 1310. The maximum atomic E-state index is 15.6. The van der Waals surface area contributed by atoms with Crippen LogP contribution in [-0.4, -0.2) is 24.3 Å². The summed E-state index contributed by atoms with van der Waals surface area (Å²) in [6.45, 7) is 11.6. The fourth-order valence-corrected chi connectivity index (χ4v) is 4.47. The second-order valence-corrected chi connectivity index (χ2v) is 10.6. The summed E-state index contributed by atoms with van der Waals surface area (Å²) in [5.74, 6) is -2.46. The van der Waals surface area contributed by atoms with Gasteiger partial charge in [0.15, 0.2) is 0 Å². The highest BCUT2D eigenvalue weighted by atomic mass is 19.4. The van der Waals surface area contributed by atoms with Gasteiger partial charge in [0.25, 0.3) is 0 Å². The molecule has 10 heteroatoms. The number of hydrogen-bond donors (Lipinski definition) is 1. The minimum atomic E-state index is -5.08. The number of unbranched alkanes of at least 4 members (excludes halogenated alkanes) is 2. The monoisotopic (exact) mass is 576 g/mol. The lowest BCUT2D eigenvalue weighted by atomic mass is 9.87. The second-order valence-electron chi connectivity index (χ2n) is 10.6. The van der Waals surface area contributed by atoms with E-state index in [2.05, 4.69) is 18.0 Å². The third-order valence-corrected chi connectivity index (χ3v) is 6.09. The molecule has 41 heavy (non-hydrogen) atoms. The van der Waals surface area contributed by atoms with Crippen LogP contribution in [0, 0.1) is 24.1 Å². The lowest BCUT2D eigenvalue weighted by molar-refractivity contribution is -0.143. The van der Waals surface area contributed by atoms with Crippen LogP contribution in [0.15, 0.2) is 36.9 Å². The SMILES string of the molecule is C=CCCCCc1cc(C#N)cc(C)c1-c1cc([C@H](CC(=O)OCC)NC(=O)OC(C)(C)C)c(F)c(C(F)(F)F)c1. The molecule has 0 unspecified atom stereocenters. The zero-order valence-electron chi connectivity index (χ0n) is 24.0. The fraction of sp³-hybridized carbons (Fsp3) is 0.452. The Kier molecular flexibility index (Phi) is 11.5. The Labute approximate surface area is 238 Å². The van der Waals surface area contributed by atoms with Crippen LogP contribution in [0.3, 0.4) is 0 Å². The van der Waals surface area contributed by atoms with Crippen molar-refractivity contribution in [3.05, 3.63) is 70.6 Å². The van der Waals surface area contributed by atoms with E-state index in [1.807, 2.05) is 0 Å². The Balaban J connectivity index is 2.80. The lowest BCUT2D eigenvalue weighted by Crippen LogP contribution is -2.36. The Morgan fingerprint density at radius 2 is 1.83 bits per heavy atom. The molecule has 1 atom stereocenters. The van der Waals surface area contributed by atoms with Gasteiger partial charge in [-0.15, -0.1) is 6.58 Å². The maximum Gasteiger partial charge on any atom is 0.419 e. The zero-order chi connectivity index (χ0) is 31.0. The number of carbonyl (C=O) groups is 2. The van der Waals surface area contributed by atoms with E-state index in [9.17, 15) is 28.0 Å². The number of benzene rings is 2. The molecule has 0 heterocycles. The van der Waals surface area contributed by atoms with E-state index in [-0.39, 0.29) is 12.2 Å². The first-order valence-electron chi connectivity index (χ1n) is 13.3. The smallest absolute Gasteiger partial charge is 0.419 e. The molecule has 0 radical (unpaired) electrons. The van der Waals surface area contributed by atoms with E-state index < -0.39 is 53.2 Å². The second kappa shape index (κ2) is 14.2. The molecule has 0 aliphatic rings. The van der Waals surface area contributed by atoms with Crippen molar-refractivity contribution in [2.24, 2.45) is 0 Å². The minimum absolute atomic E-state index is 0.0199. The van der Waals surface area contributed by atoms with Crippen molar-refractivity contribution in [2.45, 2.75) is 84.5 Å². The van der Waals surface area contributed by atoms with Gasteiger partial charge in [0.1, 0.15) is 11.4 Å². The molecule has 0 saturated heterocycles. The minimum Gasteiger partial charge on any atom is -0.466 e. The van der Waals surface area contributed by atoms with Crippen LogP contribution in [0.4, 0.5) is 22.4 Å².